The Morgan fingerprint density at radius 2 is 2.11 bits per heavy atom. The molecule has 0 radical (unpaired) electrons. The molecule has 1 aliphatic rings. The number of hydrogen-bond donors (Lipinski definition) is 2. The lowest BCUT2D eigenvalue weighted by Gasteiger charge is -2.34. The summed E-state index contributed by atoms with van der Waals surface area (Å²) in [6.45, 7) is 7.07. The summed E-state index contributed by atoms with van der Waals surface area (Å²) < 4.78 is 0. The van der Waals surface area contributed by atoms with Crippen molar-refractivity contribution in [2.45, 2.75) is 51.6 Å². The minimum absolute atomic E-state index is 0.0502. The average Bonchev–Trinajstić information content (AvgIpc) is 2.40. The van der Waals surface area contributed by atoms with Crippen LogP contribution in [0.2, 0.25) is 0 Å². The van der Waals surface area contributed by atoms with Crippen molar-refractivity contribution in [2.24, 2.45) is 0 Å². The molecule has 3 heteroatoms. The van der Waals surface area contributed by atoms with Gasteiger partial charge in [0.1, 0.15) is 0 Å². The maximum atomic E-state index is 12.4. The zero-order valence-electron chi connectivity index (χ0n) is 12.1. The first kappa shape index (κ1) is 14.1. The summed E-state index contributed by atoms with van der Waals surface area (Å²) in [5, 5.41) is 6.50. The molecule has 0 aliphatic carbocycles. The Morgan fingerprint density at radius 1 is 1.37 bits per heavy atom. The molecule has 19 heavy (non-hydrogen) atoms. The van der Waals surface area contributed by atoms with E-state index in [0.717, 1.165) is 25.8 Å². The molecule has 1 amide bonds. The lowest BCUT2D eigenvalue weighted by Crippen LogP contribution is -2.57. The van der Waals surface area contributed by atoms with Gasteiger partial charge in [0.15, 0.2) is 0 Å². The van der Waals surface area contributed by atoms with Gasteiger partial charge in [0.05, 0.1) is 11.6 Å². The van der Waals surface area contributed by atoms with E-state index in [4.69, 9.17) is 0 Å². The lowest BCUT2D eigenvalue weighted by atomic mass is 9.89. The van der Waals surface area contributed by atoms with Crippen LogP contribution < -0.4 is 10.6 Å². The Labute approximate surface area is 115 Å². The summed E-state index contributed by atoms with van der Waals surface area (Å²) in [6, 6.07) is 8.26. The number of carbonyl (C=O) groups is 1. The van der Waals surface area contributed by atoms with Crippen LogP contribution in [0.15, 0.2) is 24.3 Å². The molecule has 1 saturated heterocycles. The number of amides is 1. The summed E-state index contributed by atoms with van der Waals surface area (Å²) in [5.41, 5.74) is 2.00. The van der Waals surface area contributed by atoms with Crippen molar-refractivity contribution in [1.29, 1.82) is 0 Å². The maximum Gasteiger partial charge on any atom is 0.240 e. The number of carbonyl (C=O) groups excluding carboxylic acids is 1. The molecule has 1 fully saturated rings. The highest BCUT2D eigenvalue weighted by Gasteiger charge is 2.34. The van der Waals surface area contributed by atoms with Crippen LogP contribution in [0, 0.1) is 6.92 Å². The third-order valence-electron chi connectivity index (χ3n) is 4.12. The van der Waals surface area contributed by atoms with E-state index in [-0.39, 0.29) is 11.9 Å². The summed E-state index contributed by atoms with van der Waals surface area (Å²) >= 11 is 0. The van der Waals surface area contributed by atoms with Gasteiger partial charge in [-0.2, -0.15) is 0 Å². The van der Waals surface area contributed by atoms with E-state index in [1.807, 2.05) is 26.0 Å². The fourth-order valence-corrected chi connectivity index (χ4v) is 2.76. The zero-order chi connectivity index (χ0) is 13.9. The Balaban J connectivity index is 2.04. The minimum Gasteiger partial charge on any atom is -0.348 e. The largest absolute Gasteiger partial charge is 0.348 e. The van der Waals surface area contributed by atoms with Gasteiger partial charge in [0.25, 0.3) is 0 Å². The molecule has 1 aromatic rings. The molecule has 1 unspecified atom stereocenters. The predicted octanol–water partition coefficient (Wildman–Crippen LogP) is 2.70. The van der Waals surface area contributed by atoms with Crippen molar-refractivity contribution in [1.82, 2.24) is 10.6 Å². The van der Waals surface area contributed by atoms with Crippen LogP contribution in [-0.2, 0) is 4.79 Å². The summed E-state index contributed by atoms with van der Waals surface area (Å²) in [5.74, 6) is 0.114. The van der Waals surface area contributed by atoms with Crippen molar-refractivity contribution in [3.05, 3.63) is 35.4 Å². The van der Waals surface area contributed by atoms with E-state index < -0.39 is 5.54 Å². The number of hydrogen-bond acceptors (Lipinski definition) is 2. The second-order valence-corrected chi connectivity index (χ2v) is 5.77. The van der Waals surface area contributed by atoms with Gasteiger partial charge in [-0.15, -0.1) is 0 Å². The Morgan fingerprint density at radius 3 is 2.74 bits per heavy atom. The lowest BCUT2D eigenvalue weighted by molar-refractivity contribution is -0.128. The molecule has 3 nitrogen and oxygen atoms in total. The second kappa shape index (κ2) is 5.74. The number of rotatable bonds is 3. The van der Waals surface area contributed by atoms with Gasteiger partial charge in [-0.25, -0.2) is 0 Å². The smallest absolute Gasteiger partial charge is 0.240 e. The Hall–Kier alpha value is -1.35. The molecule has 0 aromatic heterocycles. The number of benzene rings is 1. The van der Waals surface area contributed by atoms with Crippen LogP contribution >= 0.6 is 0 Å². The molecule has 0 spiro atoms. The van der Waals surface area contributed by atoms with Gasteiger partial charge in [-0.1, -0.05) is 24.3 Å². The van der Waals surface area contributed by atoms with Gasteiger partial charge in [-0.05, 0) is 57.7 Å². The van der Waals surface area contributed by atoms with Gasteiger partial charge >= 0.3 is 0 Å². The van der Waals surface area contributed by atoms with Gasteiger partial charge in [0.2, 0.25) is 5.91 Å². The first-order valence-corrected chi connectivity index (χ1v) is 7.14. The predicted molar refractivity (Wildman–Crippen MR) is 78.0 cm³/mol. The SMILES string of the molecule is Cc1ccccc1[C@@H](C)NC(=O)C1(C)CCCCN1. The molecule has 2 rings (SSSR count). The van der Waals surface area contributed by atoms with E-state index >= 15 is 0 Å². The van der Waals surface area contributed by atoms with Crippen molar-refractivity contribution in [3.8, 4) is 0 Å². The number of nitrogens with one attached hydrogen (secondary N) is 2. The first-order chi connectivity index (χ1) is 9.03. The van der Waals surface area contributed by atoms with Gasteiger partial charge in [-0.3, -0.25) is 4.79 Å². The zero-order valence-corrected chi connectivity index (χ0v) is 12.1. The van der Waals surface area contributed by atoms with E-state index in [9.17, 15) is 4.79 Å². The fraction of sp³-hybridized carbons (Fsp3) is 0.562. The monoisotopic (exact) mass is 260 g/mol. The fourth-order valence-electron chi connectivity index (χ4n) is 2.76. The van der Waals surface area contributed by atoms with Gasteiger partial charge < -0.3 is 10.6 Å². The number of aryl methyl sites for hydroxylation is 1. The standard InChI is InChI=1S/C16H24N2O/c1-12-8-4-5-9-14(12)13(2)18-15(19)16(3)10-6-7-11-17-16/h4-5,8-9,13,17H,6-7,10-11H2,1-3H3,(H,18,19)/t13-,16?/m1/s1. The summed E-state index contributed by atoms with van der Waals surface area (Å²) in [4.78, 5) is 12.4. The van der Waals surface area contributed by atoms with Crippen molar-refractivity contribution in [3.63, 3.8) is 0 Å². The molecule has 0 saturated carbocycles. The van der Waals surface area contributed by atoms with Crippen LogP contribution in [-0.4, -0.2) is 18.0 Å². The summed E-state index contributed by atoms with van der Waals surface area (Å²) in [6.07, 6.45) is 3.20. The quantitative estimate of drug-likeness (QED) is 0.877. The van der Waals surface area contributed by atoms with E-state index in [0.29, 0.717) is 0 Å². The minimum atomic E-state index is -0.408. The molecule has 1 aliphatic heterocycles. The maximum absolute atomic E-state index is 12.4. The van der Waals surface area contributed by atoms with Crippen LogP contribution in [0.4, 0.5) is 0 Å². The van der Waals surface area contributed by atoms with Crippen LogP contribution in [0.5, 0.6) is 0 Å². The van der Waals surface area contributed by atoms with Crippen molar-refractivity contribution in [2.75, 3.05) is 6.54 Å². The third-order valence-corrected chi connectivity index (χ3v) is 4.12. The van der Waals surface area contributed by atoms with Crippen LogP contribution in [0.1, 0.15) is 50.3 Å². The Kier molecular flexibility index (Phi) is 4.25. The van der Waals surface area contributed by atoms with Crippen LogP contribution in [0.25, 0.3) is 0 Å². The first-order valence-electron chi connectivity index (χ1n) is 7.14. The topological polar surface area (TPSA) is 41.1 Å². The highest BCUT2D eigenvalue weighted by atomic mass is 16.2. The molecule has 104 valence electrons. The normalized spacial score (nSPS) is 24.8. The molecule has 1 heterocycles. The van der Waals surface area contributed by atoms with E-state index in [1.165, 1.54) is 11.1 Å². The highest BCUT2D eigenvalue weighted by Crippen LogP contribution is 2.22. The average molecular weight is 260 g/mol. The Bertz CT molecular complexity index is 450. The summed E-state index contributed by atoms with van der Waals surface area (Å²) in [7, 11) is 0. The molecule has 2 N–H and O–H groups in total. The van der Waals surface area contributed by atoms with Crippen molar-refractivity contribution < 1.29 is 4.79 Å². The molecular formula is C16H24N2O. The van der Waals surface area contributed by atoms with Crippen molar-refractivity contribution >= 4 is 5.91 Å². The second-order valence-electron chi connectivity index (χ2n) is 5.77. The molecule has 1 aromatic carbocycles. The van der Waals surface area contributed by atoms with E-state index in [1.54, 1.807) is 0 Å². The molecular weight excluding hydrogens is 236 g/mol. The van der Waals surface area contributed by atoms with E-state index in [2.05, 4.69) is 29.7 Å². The van der Waals surface area contributed by atoms with Crippen LogP contribution in [0.3, 0.4) is 0 Å². The third kappa shape index (κ3) is 3.16. The molecule has 0 bridgehead atoms. The number of piperidine rings is 1. The highest BCUT2D eigenvalue weighted by molar-refractivity contribution is 5.86. The van der Waals surface area contributed by atoms with Gasteiger partial charge in [0, 0.05) is 0 Å². The molecule has 2 atom stereocenters.